The smallest absolute Gasteiger partial charge is 0.180 e. The summed E-state index contributed by atoms with van der Waals surface area (Å²) in [6, 6.07) is 3.51. The summed E-state index contributed by atoms with van der Waals surface area (Å²) in [5.74, 6) is -0.0440. The van der Waals surface area contributed by atoms with E-state index in [2.05, 4.69) is 32.8 Å². The van der Waals surface area contributed by atoms with Crippen molar-refractivity contribution in [2.24, 2.45) is 0 Å². The Balaban J connectivity index is 2.91. The highest BCUT2D eigenvalue weighted by atomic mass is 127. The van der Waals surface area contributed by atoms with Gasteiger partial charge in [-0.05, 0) is 12.1 Å². The van der Waals surface area contributed by atoms with Crippen LogP contribution in [0.2, 0.25) is 0 Å². The lowest BCUT2D eigenvalue weighted by molar-refractivity contribution is 0.101. The minimum Gasteiger partial charge on any atom is -0.293 e. The molecule has 0 amide bonds. The third-order valence-electron chi connectivity index (χ3n) is 1.22. The molecule has 0 aliphatic heterocycles. The van der Waals surface area contributed by atoms with E-state index in [0.717, 1.165) is 10.1 Å². The molecular formula is C7H7IN2O. The Morgan fingerprint density at radius 1 is 1.55 bits per heavy atom. The summed E-state index contributed by atoms with van der Waals surface area (Å²) in [4.78, 5) is 10.7. The highest BCUT2D eigenvalue weighted by Crippen LogP contribution is 2.01. The fraction of sp³-hybridized carbons (Fsp3) is 0.286. The molecule has 1 aromatic heterocycles. The SMILES string of the molecule is CC(=O)c1ccc(CI)nn1. The van der Waals surface area contributed by atoms with Gasteiger partial charge in [0.25, 0.3) is 0 Å². The molecule has 0 aliphatic carbocycles. The summed E-state index contributed by atoms with van der Waals surface area (Å²) in [5, 5.41) is 7.58. The molecule has 1 heterocycles. The van der Waals surface area contributed by atoms with Crippen molar-refractivity contribution >= 4 is 28.4 Å². The van der Waals surface area contributed by atoms with Crippen molar-refractivity contribution in [3.05, 3.63) is 23.5 Å². The summed E-state index contributed by atoms with van der Waals surface area (Å²) in [5.41, 5.74) is 1.33. The number of halogens is 1. The van der Waals surface area contributed by atoms with Gasteiger partial charge in [-0.3, -0.25) is 4.79 Å². The second-order valence-electron chi connectivity index (χ2n) is 2.10. The minimum atomic E-state index is -0.0440. The Kier molecular flexibility index (Phi) is 2.92. The number of hydrogen-bond donors (Lipinski definition) is 0. The van der Waals surface area contributed by atoms with Crippen LogP contribution in [0, 0.1) is 0 Å². The van der Waals surface area contributed by atoms with E-state index in [9.17, 15) is 4.79 Å². The van der Waals surface area contributed by atoms with Crippen LogP contribution in [0.15, 0.2) is 12.1 Å². The Labute approximate surface area is 78.4 Å². The molecule has 0 bridgehead atoms. The standard InChI is InChI=1S/C7H7IN2O/c1-5(11)7-3-2-6(4-8)9-10-7/h2-3H,4H2,1H3. The summed E-state index contributed by atoms with van der Waals surface area (Å²) < 4.78 is 0.822. The normalized spacial score (nSPS) is 9.64. The second kappa shape index (κ2) is 3.75. The largest absolute Gasteiger partial charge is 0.293 e. The molecule has 0 saturated heterocycles. The van der Waals surface area contributed by atoms with E-state index >= 15 is 0 Å². The number of ketones is 1. The highest BCUT2D eigenvalue weighted by Gasteiger charge is 2.00. The zero-order valence-electron chi connectivity index (χ0n) is 6.04. The van der Waals surface area contributed by atoms with E-state index in [1.807, 2.05) is 6.07 Å². The zero-order valence-corrected chi connectivity index (χ0v) is 8.20. The Morgan fingerprint density at radius 3 is 2.64 bits per heavy atom. The maximum Gasteiger partial charge on any atom is 0.180 e. The van der Waals surface area contributed by atoms with Crippen LogP contribution in [0.3, 0.4) is 0 Å². The molecule has 0 aromatic carbocycles. The van der Waals surface area contributed by atoms with Gasteiger partial charge >= 0.3 is 0 Å². The lowest BCUT2D eigenvalue weighted by atomic mass is 10.3. The van der Waals surface area contributed by atoms with E-state index in [-0.39, 0.29) is 5.78 Å². The highest BCUT2D eigenvalue weighted by molar-refractivity contribution is 14.1. The van der Waals surface area contributed by atoms with Gasteiger partial charge in [0.2, 0.25) is 0 Å². The number of aromatic nitrogens is 2. The summed E-state index contributed by atoms with van der Waals surface area (Å²) in [7, 11) is 0. The molecule has 0 fully saturated rings. The van der Waals surface area contributed by atoms with E-state index < -0.39 is 0 Å². The number of Topliss-reactive ketones (excluding diaryl/α,β-unsaturated/α-hetero) is 1. The Bertz CT molecular complexity index is 258. The van der Waals surface area contributed by atoms with Gasteiger partial charge in [0.15, 0.2) is 5.78 Å². The van der Waals surface area contributed by atoms with Gasteiger partial charge in [0.1, 0.15) is 5.69 Å². The van der Waals surface area contributed by atoms with Crippen LogP contribution in [0.5, 0.6) is 0 Å². The second-order valence-corrected chi connectivity index (χ2v) is 2.86. The van der Waals surface area contributed by atoms with Crippen LogP contribution >= 0.6 is 22.6 Å². The van der Waals surface area contributed by atoms with Crippen LogP contribution in [-0.4, -0.2) is 16.0 Å². The number of alkyl halides is 1. The average Bonchev–Trinajstić information content (AvgIpc) is 2.05. The molecule has 58 valence electrons. The van der Waals surface area contributed by atoms with Gasteiger partial charge in [0, 0.05) is 11.4 Å². The first-order valence-electron chi connectivity index (χ1n) is 3.13. The first-order chi connectivity index (χ1) is 5.24. The van der Waals surface area contributed by atoms with Crippen molar-refractivity contribution in [2.45, 2.75) is 11.4 Å². The summed E-state index contributed by atoms with van der Waals surface area (Å²) in [6.45, 7) is 1.48. The first-order valence-corrected chi connectivity index (χ1v) is 4.66. The third kappa shape index (κ3) is 2.21. The Hall–Kier alpha value is -0.520. The van der Waals surface area contributed by atoms with E-state index in [1.165, 1.54) is 6.92 Å². The third-order valence-corrected chi connectivity index (χ3v) is 2.00. The molecule has 0 spiro atoms. The molecule has 3 nitrogen and oxygen atoms in total. The number of hydrogen-bond acceptors (Lipinski definition) is 3. The van der Waals surface area contributed by atoms with Crippen molar-refractivity contribution in [2.75, 3.05) is 0 Å². The molecule has 4 heteroatoms. The van der Waals surface area contributed by atoms with Crippen molar-refractivity contribution < 1.29 is 4.79 Å². The van der Waals surface area contributed by atoms with Gasteiger partial charge in [-0.1, -0.05) is 22.6 Å². The molecule has 0 saturated carbocycles. The van der Waals surface area contributed by atoms with Gasteiger partial charge in [-0.2, -0.15) is 5.10 Å². The predicted molar refractivity (Wildman–Crippen MR) is 49.8 cm³/mol. The number of carbonyl (C=O) groups is 1. The van der Waals surface area contributed by atoms with Crippen molar-refractivity contribution in [3.8, 4) is 0 Å². The molecule has 0 aliphatic rings. The molecule has 11 heavy (non-hydrogen) atoms. The molecule has 1 rings (SSSR count). The van der Waals surface area contributed by atoms with Crippen LogP contribution in [0.4, 0.5) is 0 Å². The lowest BCUT2D eigenvalue weighted by Gasteiger charge is -1.93. The van der Waals surface area contributed by atoms with E-state index in [0.29, 0.717) is 5.69 Å². The van der Waals surface area contributed by atoms with Crippen LogP contribution in [-0.2, 0) is 4.43 Å². The van der Waals surface area contributed by atoms with Crippen molar-refractivity contribution in [1.29, 1.82) is 0 Å². The Morgan fingerprint density at radius 2 is 2.27 bits per heavy atom. The van der Waals surface area contributed by atoms with Crippen molar-refractivity contribution in [3.63, 3.8) is 0 Å². The fourth-order valence-corrected chi connectivity index (χ4v) is 1.03. The lowest BCUT2D eigenvalue weighted by Crippen LogP contribution is -1.99. The maximum atomic E-state index is 10.7. The number of carbonyl (C=O) groups excluding carboxylic acids is 1. The van der Waals surface area contributed by atoms with Crippen molar-refractivity contribution in [1.82, 2.24) is 10.2 Å². The average molecular weight is 262 g/mol. The van der Waals surface area contributed by atoms with Crippen LogP contribution in [0.25, 0.3) is 0 Å². The number of rotatable bonds is 2. The predicted octanol–water partition coefficient (Wildman–Crippen LogP) is 1.61. The van der Waals surface area contributed by atoms with Crippen LogP contribution in [0.1, 0.15) is 23.1 Å². The monoisotopic (exact) mass is 262 g/mol. The zero-order chi connectivity index (χ0) is 8.27. The van der Waals surface area contributed by atoms with Crippen LogP contribution < -0.4 is 0 Å². The molecule has 0 atom stereocenters. The quantitative estimate of drug-likeness (QED) is 0.462. The first kappa shape index (κ1) is 8.58. The maximum absolute atomic E-state index is 10.7. The van der Waals surface area contributed by atoms with E-state index in [1.54, 1.807) is 6.07 Å². The molecule has 0 radical (unpaired) electrons. The van der Waals surface area contributed by atoms with Gasteiger partial charge in [0.05, 0.1) is 5.69 Å². The molecule has 0 N–H and O–H groups in total. The molecule has 1 aromatic rings. The minimum absolute atomic E-state index is 0.0440. The van der Waals surface area contributed by atoms with E-state index in [4.69, 9.17) is 0 Å². The molecular weight excluding hydrogens is 255 g/mol. The van der Waals surface area contributed by atoms with Gasteiger partial charge < -0.3 is 0 Å². The topological polar surface area (TPSA) is 42.9 Å². The van der Waals surface area contributed by atoms with Gasteiger partial charge in [-0.15, -0.1) is 5.10 Å². The fourth-order valence-electron chi connectivity index (χ4n) is 0.619. The summed E-state index contributed by atoms with van der Waals surface area (Å²) >= 11 is 2.19. The van der Waals surface area contributed by atoms with Gasteiger partial charge in [-0.25, -0.2) is 0 Å². The number of nitrogens with zero attached hydrogens (tertiary/aromatic N) is 2. The molecule has 0 unspecified atom stereocenters. The summed E-state index contributed by atoms with van der Waals surface area (Å²) in [6.07, 6.45) is 0.